The zero-order valence-corrected chi connectivity index (χ0v) is 17.7. The summed E-state index contributed by atoms with van der Waals surface area (Å²) in [6.07, 6.45) is 12.5. The second kappa shape index (κ2) is 9.43. The normalized spacial score (nSPS) is 22.4. The molecular weight excluding hydrogens is 347 g/mol. The van der Waals surface area contributed by atoms with E-state index in [1.54, 1.807) is 11.6 Å². The van der Waals surface area contributed by atoms with Gasteiger partial charge in [-0.25, -0.2) is 0 Å². The van der Waals surface area contributed by atoms with Gasteiger partial charge in [0.05, 0.1) is 0 Å². The Balaban J connectivity index is 0.00000220. The third-order valence-electron chi connectivity index (χ3n) is 4.45. The smallest absolute Gasteiger partial charge is 1.00 e. The monoisotopic (exact) mass is 374 g/mol. The van der Waals surface area contributed by atoms with E-state index in [1.165, 1.54) is 24.0 Å². The van der Waals surface area contributed by atoms with Crippen LogP contribution in [-0.4, -0.2) is 3.81 Å². The van der Waals surface area contributed by atoms with Gasteiger partial charge in [-0.1, -0.05) is 0 Å². The first-order valence-corrected chi connectivity index (χ1v) is 10.3. The Labute approximate surface area is 155 Å². The molecule has 2 unspecified atom stereocenters. The Hall–Kier alpha value is 0.124. The molecule has 0 aromatic carbocycles. The molecular formula is C19H28Cl2Ti. The standard InChI is InChI=1S/2C8H11.C3H6.2ClH.Ti/c2*1-3-8-5-4-7(2)6-8;1-3-2;;;/h2*4,6,8H,3H2,1-2H3;1-2H3;2*1H;/q;;;;;+2/p-2. The molecule has 0 aliphatic heterocycles. The minimum atomic E-state index is -1.43. The topological polar surface area (TPSA) is 0 Å². The van der Waals surface area contributed by atoms with Crippen LogP contribution in [0.1, 0.15) is 54.4 Å². The summed E-state index contributed by atoms with van der Waals surface area (Å²) in [4.78, 5) is 0. The van der Waals surface area contributed by atoms with Gasteiger partial charge in [-0.2, -0.15) is 0 Å². The van der Waals surface area contributed by atoms with Crippen LogP contribution in [0.2, 0.25) is 0 Å². The molecule has 2 rings (SSSR count). The largest absolute Gasteiger partial charge is 1.00 e. The molecule has 2 aliphatic rings. The van der Waals surface area contributed by atoms with Crippen molar-refractivity contribution in [3.63, 3.8) is 0 Å². The number of allylic oxidation sites excluding steroid dienone is 8. The van der Waals surface area contributed by atoms with E-state index in [-0.39, 0.29) is 24.8 Å². The Morgan fingerprint density at radius 2 is 1.23 bits per heavy atom. The van der Waals surface area contributed by atoms with Crippen LogP contribution >= 0.6 is 0 Å². The maximum Gasteiger partial charge on any atom is -1.00 e. The average Bonchev–Trinajstić information content (AvgIpc) is 2.92. The third kappa shape index (κ3) is 4.57. The molecule has 122 valence electrons. The number of halogens is 2. The van der Waals surface area contributed by atoms with E-state index in [9.17, 15) is 0 Å². The molecule has 22 heavy (non-hydrogen) atoms. The fraction of sp³-hybridized carbons (Fsp3) is 0.526. The van der Waals surface area contributed by atoms with E-state index in [1.807, 2.05) is 0 Å². The minimum absolute atomic E-state index is 0. The van der Waals surface area contributed by atoms with Gasteiger partial charge >= 0.3 is 131 Å². The van der Waals surface area contributed by atoms with Gasteiger partial charge in [-0.15, -0.1) is 0 Å². The van der Waals surface area contributed by atoms with Crippen molar-refractivity contribution in [2.75, 3.05) is 0 Å². The number of hydrogen-bond donors (Lipinski definition) is 0. The predicted octanol–water partition coefficient (Wildman–Crippen LogP) is -0.435. The van der Waals surface area contributed by atoms with Crippen molar-refractivity contribution in [3.8, 4) is 0 Å². The van der Waals surface area contributed by atoms with E-state index in [2.05, 4.69) is 65.8 Å². The van der Waals surface area contributed by atoms with Crippen molar-refractivity contribution in [1.29, 1.82) is 0 Å². The summed E-state index contributed by atoms with van der Waals surface area (Å²) < 4.78 is 5.28. The van der Waals surface area contributed by atoms with Crippen LogP contribution in [0.4, 0.5) is 0 Å². The van der Waals surface area contributed by atoms with E-state index in [0.717, 1.165) is 0 Å². The van der Waals surface area contributed by atoms with Crippen molar-refractivity contribution in [3.05, 3.63) is 43.2 Å². The Morgan fingerprint density at radius 1 is 0.864 bits per heavy atom. The van der Waals surface area contributed by atoms with Gasteiger partial charge in [0.1, 0.15) is 0 Å². The van der Waals surface area contributed by atoms with E-state index >= 15 is 0 Å². The molecule has 2 atom stereocenters. The van der Waals surface area contributed by atoms with E-state index < -0.39 is 17.4 Å². The van der Waals surface area contributed by atoms with Gasteiger partial charge in [-0.05, 0) is 0 Å². The maximum atomic E-state index is 2.51. The summed E-state index contributed by atoms with van der Waals surface area (Å²) in [6, 6.07) is 0. The summed E-state index contributed by atoms with van der Waals surface area (Å²) in [5.74, 6) is 1.42. The fourth-order valence-corrected chi connectivity index (χ4v) is 9.09. The molecule has 0 heterocycles. The second-order valence-corrected chi connectivity index (χ2v) is 11.0. The molecule has 0 radical (unpaired) electrons. The van der Waals surface area contributed by atoms with Gasteiger partial charge in [-0.3, -0.25) is 0 Å². The molecule has 0 fully saturated rings. The molecule has 0 saturated heterocycles. The van der Waals surface area contributed by atoms with Crippen LogP contribution in [0.15, 0.2) is 43.2 Å². The van der Waals surface area contributed by atoms with E-state index in [0.29, 0.717) is 11.8 Å². The summed E-state index contributed by atoms with van der Waals surface area (Å²) in [7, 11) is 0. The molecule has 0 amide bonds. The second-order valence-electron chi connectivity index (χ2n) is 6.43. The quantitative estimate of drug-likeness (QED) is 0.585. The molecule has 0 N–H and O–H groups in total. The van der Waals surface area contributed by atoms with Gasteiger partial charge in [0, 0.05) is 0 Å². The average molecular weight is 375 g/mol. The first-order chi connectivity index (χ1) is 9.47. The zero-order valence-electron chi connectivity index (χ0n) is 14.6. The first-order valence-electron chi connectivity index (χ1n) is 7.96. The van der Waals surface area contributed by atoms with Gasteiger partial charge in [0.2, 0.25) is 0 Å². The predicted molar refractivity (Wildman–Crippen MR) is 87.6 cm³/mol. The van der Waals surface area contributed by atoms with Crippen molar-refractivity contribution in [1.82, 2.24) is 0 Å². The molecule has 0 spiro atoms. The Morgan fingerprint density at radius 3 is 1.50 bits per heavy atom. The maximum absolute atomic E-state index is 2.51. The van der Waals surface area contributed by atoms with Crippen molar-refractivity contribution in [2.24, 2.45) is 11.8 Å². The van der Waals surface area contributed by atoms with Crippen LogP contribution in [0.3, 0.4) is 0 Å². The van der Waals surface area contributed by atoms with Gasteiger partial charge < -0.3 is 24.8 Å². The van der Waals surface area contributed by atoms with Crippen LogP contribution in [0.25, 0.3) is 0 Å². The fourth-order valence-electron chi connectivity index (χ4n) is 3.55. The molecule has 0 aromatic heterocycles. The van der Waals surface area contributed by atoms with Crippen molar-refractivity contribution < 1.29 is 42.2 Å². The molecule has 0 nitrogen and oxygen atoms in total. The van der Waals surface area contributed by atoms with Crippen LogP contribution in [0.5, 0.6) is 0 Å². The van der Waals surface area contributed by atoms with Crippen LogP contribution in [-0.2, 0) is 17.4 Å². The first kappa shape index (κ1) is 22.1. The summed E-state index contributed by atoms with van der Waals surface area (Å²) >= 11 is -1.43. The van der Waals surface area contributed by atoms with E-state index in [4.69, 9.17) is 0 Å². The Bertz CT molecular complexity index is 514. The molecule has 2 aliphatic carbocycles. The van der Waals surface area contributed by atoms with Gasteiger partial charge in [0.25, 0.3) is 0 Å². The Kier molecular flexibility index (Phi) is 9.48. The minimum Gasteiger partial charge on any atom is -1.00 e. The molecule has 0 bridgehead atoms. The molecule has 0 saturated carbocycles. The molecule has 0 aromatic rings. The number of hydrogen-bond acceptors (Lipinski definition) is 0. The molecule has 3 heteroatoms. The SMILES string of the molecule is CCC1C=C(C)C=[C]1[Ti+2]([C]1=CC(C)=CC1CC)=[C](C)C.[Cl-].[Cl-]. The van der Waals surface area contributed by atoms with Crippen molar-refractivity contribution in [2.45, 2.75) is 54.4 Å². The zero-order chi connectivity index (χ0) is 14.9. The van der Waals surface area contributed by atoms with Gasteiger partial charge in [0.15, 0.2) is 0 Å². The van der Waals surface area contributed by atoms with Crippen LogP contribution < -0.4 is 24.8 Å². The van der Waals surface area contributed by atoms with Crippen molar-refractivity contribution >= 4 is 3.81 Å². The third-order valence-corrected chi connectivity index (χ3v) is 9.42. The number of rotatable bonds is 4. The van der Waals surface area contributed by atoms with Crippen LogP contribution in [0, 0.1) is 11.8 Å². The summed E-state index contributed by atoms with van der Waals surface area (Å²) in [6.45, 7) is 13.9. The summed E-state index contributed by atoms with van der Waals surface area (Å²) in [5.41, 5.74) is 2.96. The summed E-state index contributed by atoms with van der Waals surface area (Å²) in [5, 5.41) is 0.